The van der Waals surface area contributed by atoms with Gasteiger partial charge in [0.05, 0.1) is 12.3 Å². The number of nitrogens with one attached hydrogen (secondary N) is 1. The first-order valence-electron chi connectivity index (χ1n) is 8.20. The number of hydrogen-bond donors (Lipinski definition) is 1. The first kappa shape index (κ1) is 16.2. The molecule has 2 aromatic rings. The zero-order valence-electron chi connectivity index (χ0n) is 14.0. The first-order valence-corrected chi connectivity index (χ1v) is 8.20. The summed E-state index contributed by atoms with van der Waals surface area (Å²) in [6.07, 6.45) is 3.24. The Bertz CT molecular complexity index is 722. The van der Waals surface area contributed by atoms with Crippen LogP contribution in [0.5, 0.6) is 0 Å². The fraction of sp³-hybridized carbons (Fsp3) is 0.389. The van der Waals surface area contributed by atoms with Gasteiger partial charge in [-0.2, -0.15) is 5.10 Å². The molecule has 1 unspecified atom stereocenters. The minimum atomic E-state index is -0.143. The van der Waals surface area contributed by atoms with Crippen molar-refractivity contribution in [2.45, 2.75) is 38.8 Å². The Morgan fingerprint density at radius 3 is 2.88 bits per heavy atom. The van der Waals surface area contributed by atoms with Crippen LogP contribution in [-0.4, -0.2) is 34.0 Å². The molecule has 0 spiro atoms. The van der Waals surface area contributed by atoms with Crippen LogP contribution in [-0.2, 0) is 11.3 Å². The van der Waals surface area contributed by atoms with Gasteiger partial charge in [-0.1, -0.05) is 35.5 Å². The highest BCUT2D eigenvalue weighted by Gasteiger charge is 2.22. The van der Waals surface area contributed by atoms with E-state index in [9.17, 15) is 4.79 Å². The topological polar surface area (TPSA) is 68.5 Å². The van der Waals surface area contributed by atoms with Gasteiger partial charge in [-0.05, 0) is 25.5 Å². The maximum Gasteiger partial charge on any atom is 0.269 e. The number of benzene rings is 1. The fourth-order valence-electron chi connectivity index (χ4n) is 2.76. The van der Waals surface area contributed by atoms with Gasteiger partial charge >= 0.3 is 0 Å². The van der Waals surface area contributed by atoms with E-state index >= 15 is 0 Å². The van der Waals surface area contributed by atoms with Crippen LogP contribution in [0.4, 0.5) is 0 Å². The number of rotatable bonds is 6. The summed E-state index contributed by atoms with van der Waals surface area (Å²) in [5.41, 5.74) is 2.65. The van der Waals surface area contributed by atoms with Gasteiger partial charge in [0.15, 0.2) is 0 Å². The van der Waals surface area contributed by atoms with E-state index < -0.39 is 0 Å². The fourth-order valence-corrected chi connectivity index (χ4v) is 2.76. The van der Waals surface area contributed by atoms with E-state index in [1.165, 1.54) is 5.56 Å². The third kappa shape index (κ3) is 3.82. The molecule has 1 N–H and O–H groups in total. The van der Waals surface area contributed by atoms with Crippen molar-refractivity contribution in [2.24, 2.45) is 5.16 Å². The lowest BCUT2D eigenvalue weighted by Gasteiger charge is -2.11. The van der Waals surface area contributed by atoms with E-state index in [0.717, 1.165) is 18.6 Å². The second-order valence-corrected chi connectivity index (χ2v) is 6.22. The molecule has 6 nitrogen and oxygen atoms in total. The molecule has 1 aromatic heterocycles. The van der Waals surface area contributed by atoms with Gasteiger partial charge in [0, 0.05) is 25.1 Å². The third-order valence-corrected chi connectivity index (χ3v) is 3.95. The van der Waals surface area contributed by atoms with Gasteiger partial charge in [-0.25, -0.2) is 0 Å². The van der Waals surface area contributed by atoms with Crippen molar-refractivity contribution < 1.29 is 9.63 Å². The molecule has 1 amide bonds. The van der Waals surface area contributed by atoms with Crippen molar-refractivity contribution >= 4 is 11.6 Å². The lowest BCUT2D eigenvalue weighted by molar-refractivity contribution is 0.0859. The molecule has 3 rings (SSSR count). The van der Waals surface area contributed by atoms with Crippen LogP contribution >= 0.6 is 0 Å². The molecule has 0 radical (unpaired) electrons. The quantitative estimate of drug-likeness (QED) is 0.887. The summed E-state index contributed by atoms with van der Waals surface area (Å²) < 4.78 is 1.71. The Balaban J connectivity index is 1.49. The van der Waals surface area contributed by atoms with Crippen molar-refractivity contribution in [1.29, 1.82) is 0 Å². The highest BCUT2D eigenvalue weighted by Crippen LogP contribution is 2.16. The summed E-state index contributed by atoms with van der Waals surface area (Å²) in [5, 5.41) is 11.2. The largest absolute Gasteiger partial charge is 0.392 e. The molecule has 1 aliphatic rings. The van der Waals surface area contributed by atoms with Gasteiger partial charge < -0.3 is 10.2 Å². The molecular weight excluding hydrogens is 304 g/mol. The second kappa shape index (κ2) is 7.29. The van der Waals surface area contributed by atoms with Crippen molar-refractivity contribution in [1.82, 2.24) is 15.1 Å². The van der Waals surface area contributed by atoms with Gasteiger partial charge in [0.2, 0.25) is 0 Å². The number of hydrogen-bond acceptors (Lipinski definition) is 4. The van der Waals surface area contributed by atoms with E-state index in [0.29, 0.717) is 12.2 Å². The first-order chi connectivity index (χ1) is 11.6. The average Bonchev–Trinajstić information content (AvgIpc) is 3.23. The molecule has 126 valence electrons. The van der Waals surface area contributed by atoms with Crippen LogP contribution in [0.3, 0.4) is 0 Å². The van der Waals surface area contributed by atoms with E-state index in [1.54, 1.807) is 16.9 Å². The average molecular weight is 326 g/mol. The number of carbonyl (C=O) groups excluding carboxylic acids is 1. The number of oxime groups is 1. The maximum atomic E-state index is 12.3. The SMILES string of the molecule is CC(C)n1nccc1C(=O)NCC1=NOC(Cc2ccccc2)C1. The molecule has 24 heavy (non-hydrogen) atoms. The maximum absolute atomic E-state index is 12.3. The summed E-state index contributed by atoms with van der Waals surface area (Å²) in [4.78, 5) is 17.8. The van der Waals surface area contributed by atoms with Crippen LogP contribution in [0.2, 0.25) is 0 Å². The number of nitrogens with zero attached hydrogens (tertiary/aromatic N) is 3. The van der Waals surface area contributed by atoms with Crippen LogP contribution < -0.4 is 5.32 Å². The molecule has 0 saturated heterocycles. The second-order valence-electron chi connectivity index (χ2n) is 6.22. The van der Waals surface area contributed by atoms with Crippen LogP contribution in [0.1, 0.15) is 42.4 Å². The van der Waals surface area contributed by atoms with Crippen molar-refractivity contribution in [3.8, 4) is 0 Å². The minimum absolute atomic E-state index is 0.0421. The summed E-state index contributed by atoms with van der Waals surface area (Å²) in [6.45, 7) is 4.38. The lowest BCUT2D eigenvalue weighted by atomic mass is 10.0. The molecular formula is C18H22N4O2. The van der Waals surface area contributed by atoms with E-state index in [1.807, 2.05) is 32.0 Å². The smallest absolute Gasteiger partial charge is 0.269 e. The summed E-state index contributed by atoms with van der Waals surface area (Å²) >= 11 is 0. The number of aromatic nitrogens is 2. The van der Waals surface area contributed by atoms with Crippen molar-refractivity contribution in [3.05, 3.63) is 53.9 Å². The molecule has 0 fully saturated rings. The minimum Gasteiger partial charge on any atom is -0.392 e. The van der Waals surface area contributed by atoms with Crippen LogP contribution in [0, 0.1) is 0 Å². The standard InChI is InChI=1S/C18H22N4O2/c1-13(2)22-17(8-9-20-22)18(23)19-12-15-11-16(24-21-15)10-14-6-4-3-5-7-14/h3-9,13,16H,10-12H2,1-2H3,(H,19,23). The van der Waals surface area contributed by atoms with Gasteiger partial charge in [0.1, 0.15) is 11.8 Å². The van der Waals surface area contributed by atoms with Gasteiger partial charge in [0.25, 0.3) is 5.91 Å². The van der Waals surface area contributed by atoms with E-state index in [2.05, 4.69) is 27.7 Å². The predicted molar refractivity (Wildman–Crippen MR) is 92.0 cm³/mol. The number of amides is 1. The summed E-state index contributed by atoms with van der Waals surface area (Å²) in [7, 11) is 0. The molecule has 1 aromatic carbocycles. The molecule has 6 heteroatoms. The molecule has 1 aliphatic heterocycles. The Morgan fingerprint density at radius 1 is 1.33 bits per heavy atom. The Hall–Kier alpha value is -2.63. The highest BCUT2D eigenvalue weighted by molar-refractivity contribution is 5.96. The van der Waals surface area contributed by atoms with E-state index in [4.69, 9.17) is 4.84 Å². The summed E-state index contributed by atoms with van der Waals surface area (Å²) in [5.74, 6) is -0.143. The summed E-state index contributed by atoms with van der Waals surface area (Å²) in [6, 6.07) is 12.1. The van der Waals surface area contributed by atoms with E-state index in [-0.39, 0.29) is 18.1 Å². The lowest BCUT2D eigenvalue weighted by Crippen LogP contribution is -2.31. The molecule has 0 aliphatic carbocycles. The van der Waals surface area contributed by atoms with Gasteiger partial charge in [-0.15, -0.1) is 0 Å². The molecule has 2 heterocycles. The van der Waals surface area contributed by atoms with Crippen molar-refractivity contribution in [2.75, 3.05) is 6.54 Å². The van der Waals surface area contributed by atoms with Gasteiger partial charge in [-0.3, -0.25) is 9.48 Å². The highest BCUT2D eigenvalue weighted by atomic mass is 16.6. The Morgan fingerprint density at radius 2 is 2.12 bits per heavy atom. The normalized spacial score (nSPS) is 16.8. The third-order valence-electron chi connectivity index (χ3n) is 3.95. The monoisotopic (exact) mass is 326 g/mol. The van der Waals surface area contributed by atoms with Crippen molar-refractivity contribution in [3.63, 3.8) is 0 Å². The van der Waals surface area contributed by atoms with Crippen LogP contribution in [0.25, 0.3) is 0 Å². The Labute approximate surface area is 141 Å². The molecule has 1 atom stereocenters. The zero-order chi connectivity index (χ0) is 16.9. The Kier molecular flexibility index (Phi) is 4.93. The zero-order valence-corrected chi connectivity index (χ0v) is 14.0. The molecule has 0 saturated carbocycles. The molecule has 0 bridgehead atoms. The van der Waals surface area contributed by atoms with Crippen LogP contribution in [0.15, 0.2) is 47.8 Å². The number of carbonyl (C=O) groups is 1. The predicted octanol–water partition coefficient (Wildman–Crippen LogP) is 2.58.